The fourth-order valence-corrected chi connectivity index (χ4v) is 2.73. The molecule has 0 saturated carbocycles. The Morgan fingerprint density at radius 3 is 2.73 bits per heavy atom. The fraction of sp³-hybridized carbons (Fsp3) is 0.133. The van der Waals surface area contributed by atoms with Gasteiger partial charge in [-0.25, -0.2) is 0 Å². The molecular weight excluding hydrogens is 324 g/mol. The third kappa shape index (κ3) is 4.75. The smallest absolute Gasteiger partial charge is 0.269 e. The maximum Gasteiger partial charge on any atom is 0.269 e. The number of carbonyl (C=O) groups excluding carboxylic acids is 1. The summed E-state index contributed by atoms with van der Waals surface area (Å²) in [5.41, 5.74) is 1.44. The molecule has 0 aliphatic heterocycles. The Kier molecular flexibility index (Phi) is 5.80. The molecule has 0 atom stereocenters. The lowest BCUT2D eigenvalue weighted by Gasteiger charge is -2.06. The van der Waals surface area contributed by atoms with Gasteiger partial charge in [0.05, 0.1) is 21.4 Å². The first-order chi connectivity index (χ1) is 10.6. The van der Waals surface area contributed by atoms with Crippen LogP contribution >= 0.6 is 23.4 Å². The number of hydrogen-bond donors (Lipinski definition) is 1. The van der Waals surface area contributed by atoms with Crippen LogP contribution in [0.15, 0.2) is 48.5 Å². The average molecular weight is 337 g/mol. The number of non-ortho nitro benzene ring substituents is 1. The average Bonchev–Trinajstić information content (AvgIpc) is 2.50. The largest absolute Gasteiger partial charge is 0.324 e. The SMILES string of the molecule is O=C(CSCc1cccc([N+](=O)[O-])c1)Nc1ccccc1Cl. The first kappa shape index (κ1) is 16.3. The molecule has 0 aromatic heterocycles. The molecule has 0 bridgehead atoms. The molecule has 5 nitrogen and oxygen atoms in total. The van der Waals surface area contributed by atoms with Crippen LogP contribution in [-0.2, 0) is 10.5 Å². The molecule has 0 radical (unpaired) electrons. The van der Waals surface area contributed by atoms with Crippen LogP contribution in [0, 0.1) is 10.1 Å². The summed E-state index contributed by atoms with van der Waals surface area (Å²) in [6.45, 7) is 0. The predicted molar refractivity (Wildman–Crippen MR) is 89.3 cm³/mol. The highest BCUT2D eigenvalue weighted by molar-refractivity contribution is 7.99. The number of carbonyl (C=O) groups is 1. The van der Waals surface area contributed by atoms with Crippen LogP contribution in [0.2, 0.25) is 5.02 Å². The molecule has 1 N–H and O–H groups in total. The van der Waals surface area contributed by atoms with Crippen molar-refractivity contribution in [2.24, 2.45) is 0 Å². The fourth-order valence-electron chi connectivity index (χ4n) is 1.77. The number of nitrogens with zero attached hydrogens (tertiary/aromatic N) is 1. The van der Waals surface area contributed by atoms with E-state index in [1.165, 1.54) is 23.9 Å². The number of benzene rings is 2. The molecule has 7 heteroatoms. The highest BCUT2D eigenvalue weighted by Crippen LogP contribution is 2.21. The van der Waals surface area contributed by atoms with Crippen LogP contribution in [0.25, 0.3) is 0 Å². The molecule has 0 heterocycles. The Labute approximate surface area is 136 Å². The minimum absolute atomic E-state index is 0.0543. The monoisotopic (exact) mass is 336 g/mol. The van der Waals surface area contributed by atoms with Crippen molar-refractivity contribution < 1.29 is 9.72 Å². The summed E-state index contributed by atoms with van der Waals surface area (Å²) in [5.74, 6) is 0.606. The predicted octanol–water partition coefficient (Wildman–Crippen LogP) is 4.12. The van der Waals surface area contributed by atoms with Crippen molar-refractivity contribution in [1.82, 2.24) is 0 Å². The van der Waals surface area contributed by atoms with E-state index >= 15 is 0 Å². The Balaban J connectivity index is 1.83. The van der Waals surface area contributed by atoms with E-state index in [2.05, 4.69) is 5.32 Å². The molecule has 114 valence electrons. The molecule has 22 heavy (non-hydrogen) atoms. The highest BCUT2D eigenvalue weighted by Gasteiger charge is 2.08. The molecular formula is C15H13ClN2O3S. The van der Waals surface area contributed by atoms with Crippen molar-refractivity contribution in [3.63, 3.8) is 0 Å². The molecule has 1 amide bonds. The van der Waals surface area contributed by atoms with E-state index in [0.717, 1.165) is 5.56 Å². The number of halogens is 1. The number of nitro groups is 1. The molecule has 0 saturated heterocycles. The number of nitrogens with one attached hydrogen (secondary N) is 1. The van der Waals surface area contributed by atoms with Crippen LogP contribution in [0.5, 0.6) is 0 Å². The summed E-state index contributed by atoms with van der Waals surface area (Å²) in [6, 6.07) is 13.4. The van der Waals surface area contributed by atoms with Gasteiger partial charge in [-0.15, -0.1) is 11.8 Å². The van der Waals surface area contributed by atoms with Gasteiger partial charge in [-0.1, -0.05) is 35.9 Å². The molecule has 0 spiro atoms. The lowest BCUT2D eigenvalue weighted by Crippen LogP contribution is -2.14. The molecule has 2 aromatic carbocycles. The van der Waals surface area contributed by atoms with Gasteiger partial charge >= 0.3 is 0 Å². The van der Waals surface area contributed by atoms with Crippen molar-refractivity contribution >= 4 is 40.6 Å². The third-order valence-electron chi connectivity index (χ3n) is 2.77. The topological polar surface area (TPSA) is 72.2 Å². The van der Waals surface area contributed by atoms with Gasteiger partial charge in [0, 0.05) is 17.9 Å². The summed E-state index contributed by atoms with van der Waals surface area (Å²) < 4.78 is 0. The number of anilines is 1. The van der Waals surface area contributed by atoms with E-state index in [1.807, 2.05) is 0 Å². The summed E-state index contributed by atoms with van der Waals surface area (Å²) in [4.78, 5) is 22.1. The Morgan fingerprint density at radius 2 is 2.00 bits per heavy atom. The number of nitro benzene ring substituents is 1. The second-order valence-electron chi connectivity index (χ2n) is 4.45. The van der Waals surface area contributed by atoms with Crippen molar-refractivity contribution in [3.8, 4) is 0 Å². The summed E-state index contributed by atoms with van der Waals surface area (Å²) in [6.07, 6.45) is 0. The minimum atomic E-state index is -0.432. The van der Waals surface area contributed by atoms with Crippen LogP contribution in [0.1, 0.15) is 5.56 Å². The second kappa shape index (κ2) is 7.82. The summed E-state index contributed by atoms with van der Waals surface area (Å²) in [5, 5.41) is 13.9. The lowest BCUT2D eigenvalue weighted by atomic mass is 10.2. The van der Waals surface area contributed by atoms with E-state index in [-0.39, 0.29) is 17.3 Å². The number of thioether (sulfide) groups is 1. The van der Waals surface area contributed by atoms with E-state index in [0.29, 0.717) is 16.5 Å². The second-order valence-corrected chi connectivity index (χ2v) is 5.84. The molecule has 0 aliphatic carbocycles. The van der Waals surface area contributed by atoms with Crippen LogP contribution in [0.3, 0.4) is 0 Å². The Hall–Kier alpha value is -2.05. The standard InChI is InChI=1S/C15H13ClN2O3S/c16-13-6-1-2-7-14(13)17-15(19)10-22-9-11-4-3-5-12(8-11)18(20)21/h1-8H,9-10H2,(H,17,19). The summed E-state index contributed by atoms with van der Waals surface area (Å²) >= 11 is 7.34. The zero-order valence-electron chi connectivity index (χ0n) is 11.5. The van der Waals surface area contributed by atoms with Crippen molar-refractivity contribution in [3.05, 3.63) is 69.2 Å². The van der Waals surface area contributed by atoms with Crippen molar-refractivity contribution in [1.29, 1.82) is 0 Å². The van der Waals surface area contributed by atoms with E-state index < -0.39 is 4.92 Å². The molecule has 2 rings (SSSR count). The Morgan fingerprint density at radius 1 is 1.23 bits per heavy atom. The van der Waals surface area contributed by atoms with Crippen LogP contribution in [-0.4, -0.2) is 16.6 Å². The number of amides is 1. The highest BCUT2D eigenvalue weighted by atomic mass is 35.5. The number of para-hydroxylation sites is 1. The van der Waals surface area contributed by atoms with E-state index in [1.54, 1.807) is 36.4 Å². The van der Waals surface area contributed by atoms with Gasteiger partial charge in [0.15, 0.2) is 0 Å². The lowest BCUT2D eigenvalue weighted by molar-refractivity contribution is -0.384. The number of rotatable bonds is 6. The molecule has 0 fully saturated rings. The van der Waals surface area contributed by atoms with E-state index in [9.17, 15) is 14.9 Å². The first-order valence-corrected chi connectivity index (χ1v) is 7.95. The third-order valence-corrected chi connectivity index (χ3v) is 4.10. The van der Waals surface area contributed by atoms with Gasteiger partial charge < -0.3 is 5.32 Å². The van der Waals surface area contributed by atoms with Gasteiger partial charge in [-0.3, -0.25) is 14.9 Å². The first-order valence-electron chi connectivity index (χ1n) is 6.42. The van der Waals surface area contributed by atoms with Gasteiger partial charge in [0.25, 0.3) is 5.69 Å². The Bertz CT molecular complexity index is 694. The van der Waals surface area contributed by atoms with Gasteiger partial charge in [-0.2, -0.15) is 0 Å². The molecule has 0 unspecified atom stereocenters. The van der Waals surface area contributed by atoms with Gasteiger partial charge in [-0.05, 0) is 17.7 Å². The quantitative estimate of drug-likeness (QED) is 0.636. The van der Waals surface area contributed by atoms with Crippen LogP contribution in [0.4, 0.5) is 11.4 Å². The normalized spacial score (nSPS) is 10.2. The maximum absolute atomic E-state index is 11.8. The maximum atomic E-state index is 11.8. The zero-order valence-corrected chi connectivity index (χ0v) is 13.1. The molecule has 0 aliphatic rings. The van der Waals surface area contributed by atoms with Crippen molar-refractivity contribution in [2.75, 3.05) is 11.1 Å². The zero-order chi connectivity index (χ0) is 15.9. The number of hydrogen-bond acceptors (Lipinski definition) is 4. The van der Waals surface area contributed by atoms with E-state index in [4.69, 9.17) is 11.6 Å². The summed E-state index contributed by atoms with van der Waals surface area (Å²) in [7, 11) is 0. The van der Waals surface area contributed by atoms with Crippen LogP contribution < -0.4 is 5.32 Å². The van der Waals surface area contributed by atoms with Gasteiger partial charge in [0.1, 0.15) is 0 Å². The minimum Gasteiger partial charge on any atom is -0.324 e. The van der Waals surface area contributed by atoms with Gasteiger partial charge in [0.2, 0.25) is 5.91 Å². The molecule has 2 aromatic rings. The van der Waals surface area contributed by atoms with Crippen molar-refractivity contribution in [2.45, 2.75) is 5.75 Å².